The molecule has 1 aliphatic heterocycles. The molecule has 0 radical (unpaired) electrons. The van der Waals surface area contributed by atoms with Gasteiger partial charge in [-0.15, -0.1) is 0 Å². The van der Waals surface area contributed by atoms with E-state index in [0.29, 0.717) is 18.9 Å². The molecule has 1 aromatic heterocycles. The summed E-state index contributed by atoms with van der Waals surface area (Å²) < 4.78 is 1.80. The molecule has 1 aliphatic rings. The van der Waals surface area contributed by atoms with Crippen LogP contribution in [0.5, 0.6) is 0 Å². The van der Waals surface area contributed by atoms with E-state index >= 15 is 0 Å². The van der Waals surface area contributed by atoms with Crippen molar-refractivity contribution in [1.29, 1.82) is 0 Å². The first-order chi connectivity index (χ1) is 11.2. The minimum absolute atomic E-state index is 0.169. The highest BCUT2D eigenvalue weighted by Gasteiger charge is 2.28. The standard InChI is InChI=1S/C17H22N4O2/c22-16(9-14-5-2-1-3-6-14)17(23)20-8-4-7-15(10-20)11-21-13-18-12-19-21/h1-3,5-6,12-13,15-16,22H,4,7-11H2/t15-,16-/m0/s1. The topological polar surface area (TPSA) is 71.2 Å². The zero-order chi connectivity index (χ0) is 16.1. The number of aliphatic hydroxyl groups excluding tert-OH is 1. The molecule has 0 bridgehead atoms. The molecule has 1 saturated heterocycles. The van der Waals surface area contributed by atoms with Gasteiger partial charge in [-0.05, 0) is 24.3 Å². The summed E-state index contributed by atoms with van der Waals surface area (Å²) >= 11 is 0. The Hall–Kier alpha value is -2.21. The summed E-state index contributed by atoms with van der Waals surface area (Å²) in [6, 6.07) is 9.63. The molecule has 1 amide bonds. The summed E-state index contributed by atoms with van der Waals surface area (Å²) in [5, 5.41) is 14.4. The van der Waals surface area contributed by atoms with Gasteiger partial charge in [-0.1, -0.05) is 30.3 Å². The molecule has 1 aromatic carbocycles. The number of benzene rings is 1. The van der Waals surface area contributed by atoms with Crippen molar-refractivity contribution in [3.05, 3.63) is 48.5 Å². The van der Waals surface area contributed by atoms with Crippen LogP contribution in [-0.2, 0) is 17.8 Å². The Morgan fingerprint density at radius 1 is 1.35 bits per heavy atom. The number of hydrogen-bond acceptors (Lipinski definition) is 4. The first kappa shape index (κ1) is 15.7. The normalized spacial score (nSPS) is 19.5. The average Bonchev–Trinajstić information content (AvgIpc) is 3.08. The van der Waals surface area contributed by atoms with Gasteiger partial charge in [-0.25, -0.2) is 4.98 Å². The monoisotopic (exact) mass is 314 g/mol. The molecule has 122 valence electrons. The second-order valence-electron chi connectivity index (χ2n) is 6.12. The minimum Gasteiger partial charge on any atom is -0.383 e. The predicted octanol–water partition coefficient (Wildman–Crippen LogP) is 1.12. The van der Waals surface area contributed by atoms with E-state index in [9.17, 15) is 9.90 Å². The van der Waals surface area contributed by atoms with E-state index < -0.39 is 6.10 Å². The van der Waals surface area contributed by atoms with E-state index in [1.807, 2.05) is 30.3 Å². The van der Waals surface area contributed by atoms with Crippen molar-refractivity contribution in [2.24, 2.45) is 5.92 Å². The maximum absolute atomic E-state index is 12.5. The molecule has 3 rings (SSSR count). The van der Waals surface area contributed by atoms with Crippen molar-refractivity contribution >= 4 is 5.91 Å². The number of rotatable bonds is 5. The number of piperidine rings is 1. The summed E-state index contributed by atoms with van der Waals surface area (Å²) in [5.41, 5.74) is 0.976. The molecule has 2 heterocycles. The lowest BCUT2D eigenvalue weighted by atomic mass is 9.97. The second-order valence-corrected chi connectivity index (χ2v) is 6.12. The van der Waals surface area contributed by atoms with Gasteiger partial charge in [0.1, 0.15) is 18.8 Å². The van der Waals surface area contributed by atoms with Gasteiger partial charge in [-0.3, -0.25) is 9.48 Å². The van der Waals surface area contributed by atoms with Crippen LogP contribution in [0.25, 0.3) is 0 Å². The Morgan fingerprint density at radius 2 is 2.17 bits per heavy atom. The van der Waals surface area contributed by atoms with E-state index in [0.717, 1.165) is 31.5 Å². The molecule has 0 aliphatic carbocycles. The summed E-state index contributed by atoms with van der Waals surface area (Å²) in [6.07, 6.45) is 4.65. The Labute approximate surface area is 135 Å². The van der Waals surface area contributed by atoms with Crippen LogP contribution >= 0.6 is 0 Å². The fourth-order valence-corrected chi connectivity index (χ4v) is 3.14. The highest BCUT2D eigenvalue weighted by atomic mass is 16.3. The third-order valence-electron chi connectivity index (χ3n) is 4.30. The van der Waals surface area contributed by atoms with Crippen LogP contribution in [-0.4, -0.2) is 49.9 Å². The molecule has 6 nitrogen and oxygen atoms in total. The van der Waals surface area contributed by atoms with Gasteiger partial charge in [0.25, 0.3) is 5.91 Å². The molecule has 0 unspecified atom stereocenters. The predicted molar refractivity (Wildman–Crippen MR) is 85.5 cm³/mol. The Kier molecular flexibility index (Phi) is 5.02. The lowest BCUT2D eigenvalue weighted by Crippen LogP contribution is -2.46. The molecule has 6 heteroatoms. The number of hydrogen-bond donors (Lipinski definition) is 1. The van der Waals surface area contributed by atoms with Crippen molar-refractivity contribution in [3.63, 3.8) is 0 Å². The highest BCUT2D eigenvalue weighted by molar-refractivity contribution is 5.81. The molecule has 2 aromatic rings. The second kappa shape index (κ2) is 7.37. The molecule has 1 fully saturated rings. The van der Waals surface area contributed by atoms with Gasteiger partial charge >= 0.3 is 0 Å². The maximum Gasteiger partial charge on any atom is 0.251 e. The van der Waals surface area contributed by atoms with Crippen LogP contribution in [0.1, 0.15) is 18.4 Å². The molecule has 23 heavy (non-hydrogen) atoms. The van der Waals surface area contributed by atoms with E-state index in [-0.39, 0.29) is 5.91 Å². The summed E-state index contributed by atoms with van der Waals surface area (Å²) in [6.45, 7) is 2.15. The van der Waals surface area contributed by atoms with Crippen molar-refractivity contribution in [3.8, 4) is 0 Å². The number of likely N-dealkylation sites (tertiary alicyclic amines) is 1. The first-order valence-electron chi connectivity index (χ1n) is 8.05. The molecule has 0 saturated carbocycles. The lowest BCUT2D eigenvalue weighted by molar-refractivity contribution is -0.142. The SMILES string of the molecule is O=C([C@@H](O)Cc1ccccc1)N1CCC[C@H](Cn2cncn2)C1. The van der Waals surface area contributed by atoms with Crippen LogP contribution in [0.15, 0.2) is 43.0 Å². The third kappa shape index (κ3) is 4.16. The van der Waals surface area contributed by atoms with Crippen molar-refractivity contribution < 1.29 is 9.90 Å². The number of carbonyl (C=O) groups is 1. The molecule has 2 atom stereocenters. The Balaban J connectivity index is 1.56. The van der Waals surface area contributed by atoms with Crippen LogP contribution in [0, 0.1) is 5.92 Å². The van der Waals surface area contributed by atoms with Gasteiger partial charge in [-0.2, -0.15) is 5.10 Å². The van der Waals surface area contributed by atoms with Crippen LogP contribution in [0.2, 0.25) is 0 Å². The largest absolute Gasteiger partial charge is 0.383 e. The van der Waals surface area contributed by atoms with E-state index in [4.69, 9.17) is 0 Å². The van der Waals surface area contributed by atoms with Gasteiger partial charge in [0.05, 0.1) is 0 Å². The molecular weight excluding hydrogens is 292 g/mol. The minimum atomic E-state index is -0.970. The number of nitrogens with zero attached hydrogens (tertiary/aromatic N) is 4. The zero-order valence-electron chi connectivity index (χ0n) is 13.1. The fourth-order valence-electron chi connectivity index (χ4n) is 3.14. The molecule has 1 N–H and O–H groups in total. The van der Waals surface area contributed by atoms with E-state index in [2.05, 4.69) is 10.1 Å². The van der Waals surface area contributed by atoms with Crippen LogP contribution < -0.4 is 0 Å². The summed E-state index contributed by atoms with van der Waals surface area (Å²) in [4.78, 5) is 18.2. The Bertz CT molecular complexity index is 615. The number of carbonyl (C=O) groups excluding carboxylic acids is 1. The Morgan fingerprint density at radius 3 is 2.91 bits per heavy atom. The average molecular weight is 314 g/mol. The van der Waals surface area contributed by atoms with Crippen LogP contribution in [0.3, 0.4) is 0 Å². The number of amides is 1. The zero-order valence-corrected chi connectivity index (χ0v) is 13.1. The van der Waals surface area contributed by atoms with E-state index in [1.54, 1.807) is 15.9 Å². The van der Waals surface area contributed by atoms with E-state index in [1.165, 1.54) is 6.33 Å². The van der Waals surface area contributed by atoms with Gasteiger partial charge in [0.2, 0.25) is 0 Å². The third-order valence-corrected chi connectivity index (χ3v) is 4.30. The summed E-state index contributed by atoms with van der Waals surface area (Å²) in [5.74, 6) is 0.190. The first-order valence-corrected chi connectivity index (χ1v) is 8.05. The lowest BCUT2D eigenvalue weighted by Gasteiger charge is -2.34. The highest BCUT2D eigenvalue weighted by Crippen LogP contribution is 2.19. The van der Waals surface area contributed by atoms with Crippen molar-refractivity contribution in [1.82, 2.24) is 19.7 Å². The number of aromatic nitrogens is 3. The molecular formula is C17H22N4O2. The maximum atomic E-state index is 12.5. The number of aliphatic hydroxyl groups is 1. The summed E-state index contributed by atoms with van der Waals surface area (Å²) in [7, 11) is 0. The quantitative estimate of drug-likeness (QED) is 0.898. The van der Waals surface area contributed by atoms with Crippen molar-refractivity contribution in [2.45, 2.75) is 31.9 Å². The van der Waals surface area contributed by atoms with Gasteiger partial charge in [0.15, 0.2) is 0 Å². The molecule has 0 spiro atoms. The van der Waals surface area contributed by atoms with Gasteiger partial charge < -0.3 is 10.0 Å². The van der Waals surface area contributed by atoms with Crippen LogP contribution in [0.4, 0.5) is 0 Å². The van der Waals surface area contributed by atoms with Crippen molar-refractivity contribution in [2.75, 3.05) is 13.1 Å². The fraction of sp³-hybridized carbons (Fsp3) is 0.471. The smallest absolute Gasteiger partial charge is 0.251 e. The van der Waals surface area contributed by atoms with Gasteiger partial charge in [0, 0.05) is 26.1 Å².